The standard InChI is InChI=1S/C30H38O15/c1-14-23(36)24(37)25(38)30(42-14)45-27-26(44-22(35)8-5-15-4-7-18(33)20(12-15)40-2)21(13-31)43-29(39)28(27)41-10-9-16-3-6-17(32)19(34)11-16/h3-8,11-12,14,21,23-34,36-39H,9-10,13H2,1-2H3. The van der Waals surface area contributed by atoms with Crippen molar-refractivity contribution in [2.45, 2.75) is 74.8 Å². The number of hydrogen-bond acceptors (Lipinski definition) is 15. The molecule has 10 unspecified atom stereocenters. The third-order valence-electron chi connectivity index (χ3n) is 7.50. The Morgan fingerprint density at radius 1 is 0.889 bits per heavy atom. The molecule has 2 aliphatic rings. The molecule has 10 atom stereocenters. The first-order valence-electron chi connectivity index (χ1n) is 14.1. The van der Waals surface area contributed by atoms with E-state index in [2.05, 4.69) is 0 Å². The lowest BCUT2D eigenvalue weighted by atomic mass is 9.96. The first-order chi connectivity index (χ1) is 21.4. The Morgan fingerprint density at radius 2 is 1.62 bits per heavy atom. The summed E-state index contributed by atoms with van der Waals surface area (Å²) in [6, 6.07) is 8.52. The van der Waals surface area contributed by atoms with Gasteiger partial charge in [-0.15, -0.1) is 0 Å². The van der Waals surface area contributed by atoms with Gasteiger partial charge < -0.3 is 69.3 Å². The van der Waals surface area contributed by atoms with Crippen LogP contribution in [0.4, 0.5) is 0 Å². The minimum atomic E-state index is -1.76. The number of phenolic OH excluding ortho intramolecular Hbond substituents is 3. The minimum absolute atomic E-state index is 0.103. The van der Waals surface area contributed by atoms with Crippen LogP contribution in [0.3, 0.4) is 0 Å². The number of benzene rings is 2. The number of hydrogen-bond donors (Lipinski definition) is 8. The Bertz CT molecular complexity index is 1320. The second kappa shape index (κ2) is 15.2. The molecular weight excluding hydrogens is 600 g/mol. The van der Waals surface area contributed by atoms with E-state index in [1.165, 1.54) is 50.4 Å². The van der Waals surface area contributed by atoms with Gasteiger partial charge in [-0.1, -0.05) is 12.1 Å². The zero-order chi connectivity index (χ0) is 32.8. The Hall–Kier alpha value is -3.51. The van der Waals surface area contributed by atoms with Gasteiger partial charge in [-0.25, -0.2) is 4.79 Å². The van der Waals surface area contributed by atoms with Crippen molar-refractivity contribution >= 4 is 12.0 Å². The molecule has 0 aromatic heterocycles. The van der Waals surface area contributed by atoms with Crippen LogP contribution in [0.15, 0.2) is 42.5 Å². The van der Waals surface area contributed by atoms with E-state index >= 15 is 0 Å². The molecule has 0 saturated carbocycles. The van der Waals surface area contributed by atoms with Gasteiger partial charge in [0.05, 0.1) is 26.4 Å². The molecule has 0 spiro atoms. The predicted molar refractivity (Wildman–Crippen MR) is 152 cm³/mol. The first kappa shape index (κ1) is 34.4. The van der Waals surface area contributed by atoms with Gasteiger partial charge in [-0.2, -0.15) is 0 Å². The molecule has 0 radical (unpaired) electrons. The summed E-state index contributed by atoms with van der Waals surface area (Å²) in [7, 11) is 1.37. The van der Waals surface area contributed by atoms with Gasteiger partial charge in [0, 0.05) is 6.08 Å². The summed E-state index contributed by atoms with van der Waals surface area (Å²) < 4.78 is 33.6. The van der Waals surface area contributed by atoms with Crippen LogP contribution in [-0.4, -0.2) is 129 Å². The number of ether oxygens (including phenoxy) is 6. The number of aromatic hydroxyl groups is 3. The predicted octanol–water partition coefficient (Wildman–Crippen LogP) is -0.713. The Morgan fingerprint density at radius 3 is 2.31 bits per heavy atom. The second-order valence-electron chi connectivity index (χ2n) is 10.6. The molecule has 2 aromatic carbocycles. The molecular formula is C30H38O15. The van der Waals surface area contributed by atoms with E-state index in [-0.39, 0.29) is 36.0 Å². The fourth-order valence-electron chi connectivity index (χ4n) is 4.97. The fourth-order valence-corrected chi connectivity index (χ4v) is 4.97. The molecule has 0 bridgehead atoms. The first-order valence-corrected chi connectivity index (χ1v) is 14.1. The summed E-state index contributed by atoms with van der Waals surface area (Å²) in [4.78, 5) is 13.0. The quantitative estimate of drug-likeness (QED) is 0.0862. The van der Waals surface area contributed by atoms with Crippen molar-refractivity contribution in [2.24, 2.45) is 0 Å². The van der Waals surface area contributed by atoms with E-state index in [1.807, 2.05) is 0 Å². The summed E-state index contributed by atoms with van der Waals surface area (Å²) in [5.74, 6) is -1.51. The van der Waals surface area contributed by atoms with Gasteiger partial charge in [0.25, 0.3) is 0 Å². The second-order valence-corrected chi connectivity index (χ2v) is 10.6. The third kappa shape index (κ3) is 8.21. The SMILES string of the molecule is COc1cc(C=CC(=O)OC2C(CO)OC(O)C(OCCc3ccc(O)c(O)c3)C2OC2OC(C)C(O)C(O)C2O)ccc1O. The zero-order valence-corrected chi connectivity index (χ0v) is 24.4. The maximum atomic E-state index is 13.0. The lowest BCUT2D eigenvalue weighted by Crippen LogP contribution is -2.65. The molecule has 2 aliphatic heterocycles. The van der Waals surface area contributed by atoms with E-state index in [0.717, 1.165) is 6.08 Å². The number of rotatable bonds is 11. The normalized spacial score (nSPS) is 32.0. The molecule has 248 valence electrons. The maximum Gasteiger partial charge on any atom is 0.331 e. The van der Waals surface area contributed by atoms with Crippen LogP contribution in [-0.2, 0) is 34.9 Å². The van der Waals surface area contributed by atoms with Crippen molar-refractivity contribution in [3.05, 3.63) is 53.6 Å². The molecule has 2 fully saturated rings. The van der Waals surface area contributed by atoms with Gasteiger partial charge in [0.1, 0.15) is 36.6 Å². The van der Waals surface area contributed by atoms with Crippen LogP contribution in [0.1, 0.15) is 18.1 Å². The molecule has 2 heterocycles. The minimum Gasteiger partial charge on any atom is -0.504 e. The number of carbonyl (C=O) groups is 1. The number of aliphatic hydroxyl groups excluding tert-OH is 5. The largest absolute Gasteiger partial charge is 0.504 e. The van der Waals surface area contributed by atoms with Crippen molar-refractivity contribution < 1.29 is 74.1 Å². The summed E-state index contributed by atoms with van der Waals surface area (Å²) in [6.45, 7) is 0.597. The van der Waals surface area contributed by atoms with Crippen LogP contribution < -0.4 is 4.74 Å². The summed E-state index contributed by atoms with van der Waals surface area (Å²) >= 11 is 0. The monoisotopic (exact) mass is 638 g/mol. The Kier molecular flexibility index (Phi) is 11.6. The number of methoxy groups -OCH3 is 1. The third-order valence-corrected chi connectivity index (χ3v) is 7.50. The molecule has 2 aromatic rings. The fraction of sp³-hybridized carbons (Fsp3) is 0.500. The van der Waals surface area contributed by atoms with E-state index in [0.29, 0.717) is 11.1 Å². The lowest BCUT2D eigenvalue weighted by Gasteiger charge is -2.46. The van der Waals surface area contributed by atoms with Crippen molar-refractivity contribution in [3.8, 4) is 23.0 Å². The molecule has 2 saturated heterocycles. The highest BCUT2D eigenvalue weighted by molar-refractivity contribution is 5.87. The summed E-state index contributed by atoms with van der Waals surface area (Å²) in [6.07, 6.45) is -12.2. The average Bonchev–Trinajstić information content (AvgIpc) is 3.02. The van der Waals surface area contributed by atoms with Crippen LogP contribution >= 0.6 is 0 Å². The summed E-state index contributed by atoms with van der Waals surface area (Å²) in [5.41, 5.74) is 1.04. The molecule has 15 heteroatoms. The highest BCUT2D eigenvalue weighted by Crippen LogP contribution is 2.32. The van der Waals surface area contributed by atoms with Gasteiger partial charge in [0.2, 0.25) is 0 Å². The van der Waals surface area contributed by atoms with E-state index in [1.54, 1.807) is 6.07 Å². The van der Waals surface area contributed by atoms with E-state index in [9.17, 15) is 45.6 Å². The average molecular weight is 639 g/mol. The van der Waals surface area contributed by atoms with Crippen LogP contribution in [0.25, 0.3) is 6.08 Å². The molecule has 0 amide bonds. The van der Waals surface area contributed by atoms with Crippen molar-refractivity contribution in [3.63, 3.8) is 0 Å². The molecule has 4 rings (SSSR count). The highest BCUT2D eigenvalue weighted by Gasteiger charge is 2.52. The summed E-state index contributed by atoms with van der Waals surface area (Å²) in [5, 5.41) is 81.1. The molecule has 45 heavy (non-hydrogen) atoms. The van der Waals surface area contributed by atoms with Crippen LogP contribution in [0.5, 0.6) is 23.0 Å². The van der Waals surface area contributed by atoms with Crippen LogP contribution in [0, 0.1) is 0 Å². The van der Waals surface area contributed by atoms with Crippen molar-refractivity contribution in [2.75, 3.05) is 20.3 Å². The molecule has 8 N–H and O–H groups in total. The van der Waals surface area contributed by atoms with Gasteiger partial charge in [0.15, 0.2) is 41.7 Å². The smallest absolute Gasteiger partial charge is 0.331 e. The Balaban J connectivity index is 1.57. The highest BCUT2D eigenvalue weighted by atomic mass is 16.7. The molecule has 15 nitrogen and oxygen atoms in total. The van der Waals surface area contributed by atoms with E-state index < -0.39 is 74.0 Å². The van der Waals surface area contributed by atoms with Gasteiger partial charge >= 0.3 is 5.97 Å². The number of carbonyl (C=O) groups excluding carboxylic acids is 1. The van der Waals surface area contributed by atoms with E-state index in [4.69, 9.17) is 28.4 Å². The van der Waals surface area contributed by atoms with Gasteiger partial charge in [-0.3, -0.25) is 0 Å². The van der Waals surface area contributed by atoms with Crippen LogP contribution in [0.2, 0.25) is 0 Å². The maximum absolute atomic E-state index is 13.0. The van der Waals surface area contributed by atoms with Gasteiger partial charge in [-0.05, 0) is 54.8 Å². The number of esters is 1. The molecule has 0 aliphatic carbocycles. The lowest BCUT2D eigenvalue weighted by molar-refractivity contribution is -0.357. The Labute approximate surface area is 258 Å². The zero-order valence-electron chi connectivity index (χ0n) is 24.4. The van der Waals surface area contributed by atoms with Crippen molar-refractivity contribution in [1.82, 2.24) is 0 Å². The number of phenols is 3. The number of aliphatic hydroxyl groups is 5. The van der Waals surface area contributed by atoms with Crippen molar-refractivity contribution in [1.29, 1.82) is 0 Å². The topological polar surface area (TPSA) is 234 Å².